The molecule has 0 saturated heterocycles. The standard InChI is InChI=1S/C19H19F3N6OS/c20-19(21,22)15-14(30-17(27-15)28-12-24-11-26-28)16(29)25-10-18(6-2-1-3-7-18)13-5-4-8-23-9-13/h4-5,8-9,11-12H,1-3,6-7,10H2,(H,25,29). The number of alkyl halides is 3. The summed E-state index contributed by atoms with van der Waals surface area (Å²) in [5, 5.41) is 6.47. The third-order valence-electron chi connectivity index (χ3n) is 5.38. The van der Waals surface area contributed by atoms with Crippen molar-refractivity contribution in [1.29, 1.82) is 0 Å². The van der Waals surface area contributed by atoms with Crippen LogP contribution in [0.2, 0.25) is 0 Å². The molecule has 3 aromatic heterocycles. The molecule has 1 aliphatic carbocycles. The lowest BCUT2D eigenvalue weighted by Gasteiger charge is -2.37. The molecule has 7 nitrogen and oxygen atoms in total. The van der Waals surface area contributed by atoms with Gasteiger partial charge in [0.2, 0.25) is 5.13 Å². The number of aromatic nitrogens is 5. The van der Waals surface area contributed by atoms with Gasteiger partial charge in [-0.25, -0.2) is 9.97 Å². The number of rotatable bonds is 5. The molecule has 1 amide bonds. The minimum absolute atomic E-state index is 0.0652. The second-order valence-corrected chi connectivity index (χ2v) is 8.25. The van der Waals surface area contributed by atoms with Crippen LogP contribution in [-0.4, -0.2) is 37.2 Å². The van der Waals surface area contributed by atoms with Crippen molar-refractivity contribution in [2.45, 2.75) is 43.7 Å². The fourth-order valence-electron chi connectivity index (χ4n) is 3.86. The van der Waals surface area contributed by atoms with Crippen LogP contribution in [-0.2, 0) is 11.6 Å². The Labute approximate surface area is 174 Å². The number of nitrogens with one attached hydrogen (secondary N) is 1. The van der Waals surface area contributed by atoms with E-state index in [4.69, 9.17) is 0 Å². The molecule has 0 unspecified atom stereocenters. The van der Waals surface area contributed by atoms with Crippen LogP contribution < -0.4 is 5.32 Å². The van der Waals surface area contributed by atoms with E-state index in [1.807, 2.05) is 12.1 Å². The zero-order valence-corrected chi connectivity index (χ0v) is 16.7. The average molecular weight is 436 g/mol. The number of thiazole rings is 1. The van der Waals surface area contributed by atoms with Crippen LogP contribution in [0.4, 0.5) is 13.2 Å². The molecule has 0 spiro atoms. The van der Waals surface area contributed by atoms with Crippen molar-refractivity contribution in [3.63, 3.8) is 0 Å². The Balaban J connectivity index is 1.60. The highest BCUT2D eigenvalue weighted by atomic mass is 32.1. The van der Waals surface area contributed by atoms with E-state index in [9.17, 15) is 18.0 Å². The van der Waals surface area contributed by atoms with Crippen LogP contribution in [0.15, 0.2) is 37.2 Å². The molecule has 0 radical (unpaired) electrons. The molecular formula is C19H19F3N6OS. The molecule has 158 valence electrons. The molecule has 1 fully saturated rings. The second kappa shape index (κ2) is 8.13. The summed E-state index contributed by atoms with van der Waals surface area (Å²) in [7, 11) is 0. The van der Waals surface area contributed by atoms with Gasteiger partial charge in [-0.05, 0) is 24.5 Å². The Morgan fingerprint density at radius 3 is 2.67 bits per heavy atom. The summed E-state index contributed by atoms with van der Waals surface area (Å²) in [5.74, 6) is -0.792. The van der Waals surface area contributed by atoms with Gasteiger partial charge in [0.05, 0.1) is 0 Å². The number of carbonyl (C=O) groups excluding carboxylic acids is 1. The molecule has 30 heavy (non-hydrogen) atoms. The first-order valence-corrected chi connectivity index (χ1v) is 10.3. The quantitative estimate of drug-likeness (QED) is 0.658. The van der Waals surface area contributed by atoms with E-state index in [-0.39, 0.29) is 17.1 Å². The van der Waals surface area contributed by atoms with Gasteiger partial charge in [0.1, 0.15) is 17.5 Å². The maximum atomic E-state index is 13.5. The van der Waals surface area contributed by atoms with Gasteiger partial charge in [-0.15, -0.1) is 0 Å². The Morgan fingerprint density at radius 2 is 2.03 bits per heavy atom. The lowest BCUT2D eigenvalue weighted by molar-refractivity contribution is -0.141. The molecule has 0 atom stereocenters. The van der Waals surface area contributed by atoms with Crippen molar-refractivity contribution in [3.05, 3.63) is 53.3 Å². The lowest BCUT2D eigenvalue weighted by atomic mass is 9.70. The Bertz CT molecular complexity index is 997. The van der Waals surface area contributed by atoms with Gasteiger partial charge in [0.15, 0.2) is 5.69 Å². The first-order chi connectivity index (χ1) is 14.4. The van der Waals surface area contributed by atoms with Crippen LogP contribution in [0.5, 0.6) is 0 Å². The Hall–Kier alpha value is -2.82. The van der Waals surface area contributed by atoms with Crippen molar-refractivity contribution in [1.82, 2.24) is 30.0 Å². The number of hydrogen-bond donors (Lipinski definition) is 1. The van der Waals surface area contributed by atoms with Gasteiger partial charge in [-0.1, -0.05) is 36.7 Å². The predicted molar refractivity (Wildman–Crippen MR) is 103 cm³/mol. The van der Waals surface area contributed by atoms with E-state index in [1.165, 1.54) is 12.7 Å². The normalized spacial score (nSPS) is 16.4. The fourth-order valence-corrected chi connectivity index (χ4v) is 4.79. The molecule has 1 aliphatic rings. The maximum absolute atomic E-state index is 13.5. The van der Waals surface area contributed by atoms with Crippen molar-refractivity contribution in [2.24, 2.45) is 0 Å². The largest absolute Gasteiger partial charge is 0.435 e. The molecule has 3 heterocycles. The molecule has 3 aromatic rings. The smallest absolute Gasteiger partial charge is 0.350 e. The SMILES string of the molecule is O=C(NCC1(c2cccnc2)CCCCC1)c1sc(-n2cncn2)nc1C(F)(F)F. The van der Waals surface area contributed by atoms with Gasteiger partial charge in [-0.3, -0.25) is 9.78 Å². The van der Waals surface area contributed by atoms with E-state index in [1.54, 1.807) is 12.4 Å². The highest BCUT2D eigenvalue weighted by Gasteiger charge is 2.41. The van der Waals surface area contributed by atoms with Crippen LogP contribution in [0.25, 0.3) is 5.13 Å². The number of amides is 1. The summed E-state index contributed by atoms with van der Waals surface area (Å²) in [6, 6.07) is 3.80. The van der Waals surface area contributed by atoms with E-state index >= 15 is 0 Å². The van der Waals surface area contributed by atoms with Gasteiger partial charge < -0.3 is 5.32 Å². The monoisotopic (exact) mass is 436 g/mol. The van der Waals surface area contributed by atoms with Gasteiger partial charge in [-0.2, -0.15) is 23.0 Å². The third-order valence-corrected chi connectivity index (χ3v) is 6.42. The summed E-state index contributed by atoms with van der Waals surface area (Å²) in [4.78, 5) is 23.8. The van der Waals surface area contributed by atoms with Gasteiger partial charge in [0, 0.05) is 24.4 Å². The number of nitrogens with zero attached hydrogens (tertiary/aromatic N) is 5. The van der Waals surface area contributed by atoms with Crippen LogP contribution >= 0.6 is 11.3 Å². The molecule has 1 N–H and O–H groups in total. The van der Waals surface area contributed by atoms with Crippen LogP contribution in [0.1, 0.15) is 53.0 Å². The summed E-state index contributed by atoms with van der Waals surface area (Å²) in [6.45, 7) is 0.241. The minimum Gasteiger partial charge on any atom is -0.350 e. The van der Waals surface area contributed by atoms with Crippen molar-refractivity contribution >= 4 is 17.2 Å². The topological polar surface area (TPSA) is 85.6 Å². The molecular weight excluding hydrogens is 417 g/mol. The lowest BCUT2D eigenvalue weighted by Crippen LogP contribution is -2.42. The Morgan fingerprint density at radius 1 is 1.23 bits per heavy atom. The first-order valence-electron chi connectivity index (χ1n) is 9.51. The van der Waals surface area contributed by atoms with E-state index in [0.29, 0.717) is 11.3 Å². The summed E-state index contributed by atoms with van der Waals surface area (Å²) < 4.78 is 41.6. The predicted octanol–water partition coefficient (Wildman–Crippen LogP) is 3.77. The molecule has 0 bridgehead atoms. The van der Waals surface area contributed by atoms with E-state index in [2.05, 4.69) is 25.4 Å². The van der Waals surface area contributed by atoms with E-state index < -0.39 is 22.7 Å². The van der Waals surface area contributed by atoms with Crippen LogP contribution in [0, 0.1) is 0 Å². The minimum atomic E-state index is -4.76. The summed E-state index contributed by atoms with van der Waals surface area (Å²) in [5.41, 5.74) is -0.553. The number of halogens is 3. The van der Waals surface area contributed by atoms with Gasteiger partial charge >= 0.3 is 6.18 Å². The molecule has 4 rings (SSSR count). The highest BCUT2D eigenvalue weighted by Crippen LogP contribution is 2.39. The van der Waals surface area contributed by atoms with Crippen molar-refractivity contribution < 1.29 is 18.0 Å². The third kappa shape index (κ3) is 4.07. The van der Waals surface area contributed by atoms with Crippen molar-refractivity contribution in [2.75, 3.05) is 6.54 Å². The summed E-state index contributed by atoms with van der Waals surface area (Å²) >= 11 is 0.639. The molecule has 0 aromatic carbocycles. The second-order valence-electron chi connectivity index (χ2n) is 7.28. The Kier molecular flexibility index (Phi) is 5.54. The van der Waals surface area contributed by atoms with Crippen molar-refractivity contribution in [3.8, 4) is 5.13 Å². The maximum Gasteiger partial charge on any atom is 0.435 e. The molecule has 11 heteroatoms. The number of carbonyl (C=O) groups is 1. The number of hydrogen-bond acceptors (Lipinski definition) is 6. The zero-order chi connectivity index (χ0) is 21.2. The van der Waals surface area contributed by atoms with E-state index in [0.717, 1.165) is 42.3 Å². The molecule has 0 aliphatic heterocycles. The highest BCUT2D eigenvalue weighted by molar-refractivity contribution is 7.16. The fraction of sp³-hybridized carbons (Fsp3) is 0.421. The average Bonchev–Trinajstić information content (AvgIpc) is 3.43. The zero-order valence-electron chi connectivity index (χ0n) is 15.9. The number of pyridine rings is 1. The summed E-state index contributed by atoms with van der Waals surface area (Å²) in [6.07, 6.45) is 5.90. The van der Waals surface area contributed by atoms with Crippen LogP contribution in [0.3, 0.4) is 0 Å². The molecule has 1 saturated carbocycles. The first kappa shape index (κ1) is 20.5. The van der Waals surface area contributed by atoms with Gasteiger partial charge in [0.25, 0.3) is 5.91 Å².